The second-order valence-corrected chi connectivity index (χ2v) is 6.26. The molecule has 2 heterocycles. The zero-order valence-corrected chi connectivity index (χ0v) is 13.4. The Morgan fingerprint density at radius 2 is 1.91 bits per heavy atom. The number of nitrogens with zero attached hydrogens (tertiary/aromatic N) is 2. The Balaban J connectivity index is 1.53. The van der Waals surface area contributed by atoms with E-state index < -0.39 is 0 Å². The minimum Gasteiger partial charge on any atom is -0.350 e. The Morgan fingerprint density at radius 1 is 1.14 bits per heavy atom. The molecule has 2 aromatic rings. The summed E-state index contributed by atoms with van der Waals surface area (Å²) in [6.45, 7) is 3.52. The standard InChI is InChI=1S/C19H25N2O/c1-20-15-17(16-9-3-4-10-18(16)20)19(22)11-5-8-14-21-12-6-2-7-13-21/h2-4,9-10,15H,5-8,11-14H2,1H3. The summed E-state index contributed by atoms with van der Waals surface area (Å²) in [5.41, 5.74) is 2.01. The first-order valence-electron chi connectivity index (χ1n) is 8.37. The predicted molar refractivity (Wildman–Crippen MR) is 91.1 cm³/mol. The lowest BCUT2D eigenvalue weighted by Gasteiger charge is -2.25. The number of piperidine rings is 1. The highest BCUT2D eigenvalue weighted by Gasteiger charge is 2.14. The van der Waals surface area contributed by atoms with Crippen molar-refractivity contribution in [2.75, 3.05) is 19.6 Å². The van der Waals surface area contributed by atoms with Crippen molar-refractivity contribution in [3.05, 3.63) is 42.4 Å². The topological polar surface area (TPSA) is 25.2 Å². The molecule has 1 radical (unpaired) electrons. The molecule has 0 spiro atoms. The Hall–Kier alpha value is -1.61. The monoisotopic (exact) mass is 297 g/mol. The van der Waals surface area contributed by atoms with Crippen LogP contribution in [-0.4, -0.2) is 34.9 Å². The molecule has 3 rings (SSSR count). The Bertz CT molecular complexity index is 638. The van der Waals surface area contributed by atoms with E-state index in [-0.39, 0.29) is 5.78 Å². The maximum absolute atomic E-state index is 12.5. The van der Waals surface area contributed by atoms with E-state index in [1.807, 2.05) is 36.0 Å². The van der Waals surface area contributed by atoms with Crippen LogP contribution in [0.15, 0.2) is 30.5 Å². The highest BCUT2D eigenvalue weighted by molar-refractivity contribution is 6.08. The van der Waals surface area contributed by atoms with Gasteiger partial charge < -0.3 is 9.47 Å². The molecule has 3 heteroatoms. The normalized spacial score (nSPS) is 16.2. The quantitative estimate of drug-likeness (QED) is 0.598. The molecule has 0 unspecified atom stereocenters. The Kier molecular flexibility index (Phi) is 4.94. The van der Waals surface area contributed by atoms with Crippen LogP contribution in [0.25, 0.3) is 10.9 Å². The molecule has 1 aromatic carbocycles. The lowest BCUT2D eigenvalue weighted by atomic mass is 10.0. The molecular weight excluding hydrogens is 272 g/mol. The van der Waals surface area contributed by atoms with Gasteiger partial charge in [0.2, 0.25) is 0 Å². The van der Waals surface area contributed by atoms with E-state index in [0.717, 1.165) is 35.9 Å². The van der Waals surface area contributed by atoms with Gasteiger partial charge in [-0.1, -0.05) is 18.2 Å². The largest absolute Gasteiger partial charge is 0.350 e. The van der Waals surface area contributed by atoms with Crippen molar-refractivity contribution in [3.8, 4) is 0 Å². The van der Waals surface area contributed by atoms with Crippen molar-refractivity contribution in [2.45, 2.75) is 32.1 Å². The van der Waals surface area contributed by atoms with Crippen LogP contribution in [0.3, 0.4) is 0 Å². The summed E-state index contributed by atoms with van der Waals surface area (Å²) in [5.74, 6) is 0.281. The predicted octanol–water partition coefficient (Wildman–Crippen LogP) is 3.83. The first kappa shape index (κ1) is 15.3. The van der Waals surface area contributed by atoms with Gasteiger partial charge in [-0.3, -0.25) is 4.79 Å². The van der Waals surface area contributed by atoms with Gasteiger partial charge in [-0.05, 0) is 57.8 Å². The molecule has 0 N–H and O–H groups in total. The molecule has 0 bridgehead atoms. The zero-order chi connectivity index (χ0) is 15.4. The van der Waals surface area contributed by atoms with Gasteiger partial charge in [0.05, 0.1) is 0 Å². The van der Waals surface area contributed by atoms with E-state index in [1.165, 1.54) is 25.9 Å². The van der Waals surface area contributed by atoms with E-state index in [1.54, 1.807) is 0 Å². The number of carbonyl (C=O) groups excluding carboxylic acids is 1. The van der Waals surface area contributed by atoms with Crippen molar-refractivity contribution < 1.29 is 4.79 Å². The van der Waals surface area contributed by atoms with E-state index in [2.05, 4.69) is 17.4 Å². The van der Waals surface area contributed by atoms with E-state index in [4.69, 9.17) is 0 Å². The number of ketones is 1. The molecule has 0 amide bonds. The average molecular weight is 297 g/mol. The number of aromatic nitrogens is 1. The summed E-state index contributed by atoms with van der Waals surface area (Å²) in [6, 6.07) is 8.14. The minimum absolute atomic E-state index is 0.281. The molecule has 3 nitrogen and oxygen atoms in total. The molecule has 1 saturated heterocycles. The third-order valence-electron chi connectivity index (χ3n) is 4.62. The van der Waals surface area contributed by atoms with Crippen LogP contribution in [0.5, 0.6) is 0 Å². The number of aryl methyl sites for hydroxylation is 1. The van der Waals surface area contributed by atoms with Crippen LogP contribution < -0.4 is 0 Å². The number of rotatable bonds is 6. The molecule has 1 aliphatic heterocycles. The number of hydrogen-bond acceptors (Lipinski definition) is 2. The number of para-hydroxylation sites is 1. The number of unbranched alkanes of at least 4 members (excludes halogenated alkanes) is 1. The van der Waals surface area contributed by atoms with E-state index >= 15 is 0 Å². The van der Waals surface area contributed by atoms with Gasteiger partial charge in [0, 0.05) is 36.1 Å². The smallest absolute Gasteiger partial charge is 0.165 e. The second kappa shape index (κ2) is 7.10. The summed E-state index contributed by atoms with van der Waals surface area (Å²) in [7, 11) is 2.01. The van der Waals surface area contributed by atoms with Crippen LogP contribution in [0.1, 0.15) is 42.5 Å². The first-order valence-corrected chi connectivity index (χ1v) is 8.37. The third-order valence-corrected chi connectivity index (χ3v) is 4.62. The summed E-state index contributed by atoms with van der Waals surface area (Å²) in [6.07, 6.45) is 9.56. The number of carbonyl (C=O) groups is 1. The maximum atomic E-state index is 12.5. The number of fused-ring (bicyclic) bond motifs is 1. The lowest BCUT2D eigenvalue weighted by Crippen LogP contribution is -2.30. The molecule has 117 valence electrons. The van der Waals surface area contributed by atoms with Crippen molar-refractivity contribution in [3.63, 3.8) is 0 Å². The fourth-order valence-corrected chi connectivity index (χ4v) is 3.35. The molecule has 0 atom stereocenters. The van der Waals surface area contributed by atoms with Crippen LogP contribution >= 0.6 is 0 Å². The molecule has 22 heavy (non-hydrogen) atoms. The van der Waals surface area contributed by atoms with E-state index in [0.29, 0.717) is 6.42 Å². The third kappa shape index (κ3) is 3.41. The van der Waals surface area contributed by atoms with Crippen molar-refractivity contribution in [1.82, 2.24) is 9.47 Å². The van der Waals surface area contributed by atoms with Crippen molar-refractivity contribution in [2.24, 2.45) is 7.05 Å². The Morgan fingerprint density at radius 3 is 2.73 bits per heavy atom. The van der Waals surface area contributed by atoms with E-state index in [9.17, 15) is 4.79 Å². The van der Waals surface area contributed by atoms with Gasteiger partial charge in [-0.15, -0.1) is 0 Å². The fraction of sp³-hybridized carbons (Fsp3) is 0.474. The van der Waals surface area contributed by atoms with Gasteiger partial charge in [0.15, 0.2) is 5.78 Å². The molecule has 0 saturated carbocycles. The van der Waals surface area contributed by atoms with Crippen LogP contribution in [-0.2, 0) is 7.05 Å². The summed E-state index contributed by atoms with van der Waals surface area (Å²) >= 11 is 0. The summed E-state index contributed by atoms with van der Waals surface area (Å²) in [5, 5.41) is 1.08. The first-order chi connectivity index (χ1) is 10.8. The fourth-order valence-electron chi connectivity index (χ4n) is 3.35. The van der Waals surface area contributed by atoms with Gasteiger partial charge in [-0.25, -0.2) is 0 Å². The minimum atomic E-state index is 0.281. The molecule has 0 aliphatic carbocycles. The van der Waals surface area contributed by atoms with Crippen molar-refractivity contribution in [1.29, 1.82) is 0 Å². The summed E-state index contributed by atoms with van der Waals surface area (Å²) < 4.78 is 2.05. The van der Waals surface area contributed by atoms with Gasteiger partial charge >= 0.3 is 0 Å². The highest BCUT2D eigenvalue weighted by atomic mass is 16.1. The van der Waals surface area contributed by atoms with Crippen LogP contribution in [0, 0.1) is 6.42 Å². The number of Topliss-reactive ketones (excluding diaryl/α,β-unsaturated/α-hetero) is 1. The molecule has 1 fully saturated rings. The number of benzene rings is 1. The maximum Gasteiger partial charge on any atom is 0.165 e. The number of likely N-dealkylation sites (tertiary alicyclic amines) is 1. The highest BCUT2D eigenvalue weighted by Crippen LogP contribution is 2.22. The SMILES string of the molecule is Cn1cc(C(=O)CCCCN2CC[CH]CC2)c2ccccc21. The van der Waals surface area contributed by atoms with Gasteiger partial charge in [0.1, 0.15) is 0 Å². The molecule has 1 aliphatic rings. The van der Waals surface area contributed by atoms with Gasteiger partial charge in [0.25, 0.3) is 0 Å². The van der Waals surface area contributed by atoms with Gasteiger partial charge in [-0.2, -0.15) is 0 Å². The molecule has 1 aromatic heterocycles. The number of hydrogen-bond donors (Lipinski definition) is 0. The van der Waals surface area contributed by atoms with Crippen LogP contribution in [0.2, 0.25) is 0 Å². The zero-order valence-electron chi connectivity index (χ0n) is 13.4. The summed E-state index contributed by atoms with van der Waals surface area (Å²) in [4.78, 5) is 15.0. The Labute approximate surface area is 132 Å². The lowest BCUT2D eigenvalue weighted by molar-refractivity contribution is 0.0979. The van der Waals surface area contributed by atoms with Crippen molar-refractivity contribution >= 4 is 16.7 Å². The average Bonchev–Trinajstić information content (AvgIpc) is 2.90. The van der Waals surface area contributed by atoms with Crippen LogP contribution in [0.4, 0.5) is 0 Å². The second-order valence-electron chi connectivity index (χ2n) is 6.26. The molecular formula is C19H25N2O.